The fourth-order valence-corrected chi connectivity index (χ4v) is 4.49. The summed E-state index contributed by atoms with van der Waals surface area (Å²) in [6, 6.07) is 14.9. The first-order valence-corrected chi connectivity index (χ1v) is 11.0. The van der Waals surface area contributed by atoms with Crippen LogP contribution < -0.4 is 5.32 Å². The molecule has 1 saturated heterocycles. The Kier molecular flexibility index (Phi) is 6.03. The van der Waals surface area contributed by atoms with Gasteiger partial charge in [0.2, 0.25) is 0 Å². The van der Waals surface area contributed by atoms with Crippen LogP contribution in [0.1, 0.15) is 44.2 Å². The van der Waals surface area contributed by atoms with E-state index < -0.39 is 42.7 Å². The van der Waals surface area contributed by atoms with Crippen molar-refractivity contribution < 1.29 is 27.8 Å². The Labute approximate surface area is 191 Å². The zero-order valence-corrected chi connectivity index (χ0v) is 18.9. The van der Waals surface area contributed by atoms with Crippen molar-refractivity contribution in [2.75, 3.05) is 19.7 Å². The average molecular weight is 459 g/mol. The van der Waals surface area contributed by atoms with Crippen LogP contribution in [0.4, 0.5) is 18.4 Å². The predicted octanol–water partition coefficient (Wildman–Crippen LogP) is 5.17. The summed E-state index contributed by atoms with van der Waals surface area (Å²) in [5.74, 6) is -3.31. The van der Waals surface area contributed by atoms with Gasteiger partial charge in [-0.3, -0.25) is 0 Å². The van der Waals surface area contributed by atoms with E-state index in [0.717, 1.165) is 27.2 Å². The highest BCUT2D eigenvalue weighted by molar-refractivity contribution is 5.79. The van der Waals surface area contributed by atoms with Crippen LogP contribution in [0.25, 0.3) is 11.1 Å². The van der Waals surface area contributed by atoms with Gasteiger partial charge in [0.15, 0.2) is 0 Å². The van der Waals surface area contributed by atoms with Gasteiger partial charge in [-0.05, 0) is 43.0 Å². The van der Waals surface area contributed by atoms with Crippen LogP contribution in [0.5, 0.6) is 0 Å². The SMILES string of the molecule is CC(C)(C)OC(=O)NC1CN(C(=O)OCC2c3ccccc3-c3ccccc32)CC(F)(F)C1. The van der Waals surface area contributed by atoms with Crippen molar-refractivity contribution in [1.82, 2.24) is 10.2 Å². The lowest BCUT2D eigenvalue weighted by atomic mass is 9.98. The molecule has 0 aromatic heterocycles. The Hall–Kier alpha value is -3.16. The number of ether oxygens (including phenoxy) is 2. The van der Waals surface area contributed by atoms with Crippen molar-refractivity contribution in [2.45, 2.75) is 50.7 Å². The Morgan fingerprint density at radius 2 is 1.64 bits per heavy atom. The van der Waals surface area contributed by atoms with Gasteiger partial charge in [-0.15, -0.1) is 0 Å². The first kappa shape index (κ1) is 23.0. The van der Waals surface area contributed by atoms with Crippen LogP contribution in [0.2, 0.25) is 0 Å². The monoisotopic (exact) mass is 458 g/mol. The molecule has 0 radical (unpaired) electrons. The Balaban J connectivity index is 1.42. The van der Waals surface area contributed by atoms with Gasteiger partial charge < -0.3 is 19.7 Å². The first-order chi connectivity index (χ1) is 15.5. The molecule has 6 nitrogen and oxygen atoms in total. The number of piperidine rings is 1. The molecular formula is C25H28F2N2O4. The molecule has 0 bridgehead atoms. The van der Waals surface area contributed by atoms with Gasteiger partial charge in [0.05, 0.1) is 12.6 Å². The summed E-state index contributed by atoms with van der Waals surface area (Å²) in [4.78, 5) is 25.7. The number of nitrogens with one attached hydrogen (secondary N) is 1. The van der Waals surface area contributed by atoms with Crippen LogP contribution >= 0.6 is 0 Å². The van der Waals surface area contributed by atoms with Crippen LogP contribution in [-0.4, -0.2) is 54.3 Å². The third-order valence-electron chi connectivity index (χ3n) is 5.72. The number of hydrogen-bond donors (Lipinski definition) is 1. The van der Waals surface area contributed by atoms with Crippen LogP contribution in [0, 0.1) is 0 Å². The third kappa shape index (κ3) is 5.26. The molecule has 1 N–H and O–H groups in total. The standard InChI is InChI=1S/C25H28F2N2O4/c1-24(2,3)33-22(30)28-16-12-25(26,27)15-29(13-16)23(31)32-14-21-19-10-6-4-8-17(19)18-9-5-7-11-20(18)21/h4-11,16,21H,12-15H2,1-3H3,(H,28,30). The summed E-state index contributed by atoms with van der Waals surface area (Å²) < 4.78 is 39.4. The molecule has 176 valence electrons. The van der Waals surface area contributed by atoms with E-state index in [9.17, 15) is 18.4 Å². The van der Waals surface area contributed by atoms with E-state index in [4.69, 9.17) is 9.47 Å². The summed E-state index contributed by atoms with van der Waals surface area (Å²) in [6.45, 7) is 4.27. The highest BCUT2D eigenvalue weighted by Gasteiger charge is 2.43. The Morgan fingerprint density at radius 1 is 1.06 bits per heavy atom. The zero-order valence-electron chi connectivity index (χ0n) is 18.9. The van der Waals surface area contributed by atoms with Crippen LogP contribution in [-0.2, 0) is 9.47 Å². The second-order valence-corrected chi connectivity index (χ2v) is 9.59. The normalized spacial score (nSPS) is 19.4. The smallest absolute Gasteiger partial charge is 0.410 e. The third-order valence-corrected chi connectivity index (χ3v) is 5.72. The highest BCUT2D eigenvalue weighted by Crippen LogP contribution is 2.44. The molecule has 2 aromatic carbocycles. The minimum atomic E-state index is -3.15. The highest BCUT2D eigenvalue weighted by atomic mass is 19.3. The minimum absolute atomic E-state index is 0.0408. The molecule has 1 fully saturated rings. The van der Waals surface area contributed by atoms with Gasteiger partial charge in [-0.25, -0.2) is 18.4 Å². The molecule has 1 aliphatic heterocycles. The lowest BCUT2D eigenvalue weighted by Crippen LogP contribution is -2.57. The number of alkyl carbamates (subject to hydrolysis) is 1. The minimum Gasteiger partial charge on any atom is -0.448 e. The van der Waals surface area contributed by atoms with E-state index >= 15 is 0 Å². The summed E-state index contributed by atoms with van der Waals surface area (Å²) in [7, 11) is 0. The van der Waals surface area contributed by atoms with E-state index in [1.165, 1.54) is 0 Å². The van der Waals surface area contributed by atoms with Crippen molar-refractivity contribution in [3.63, 3.8) is 0 Å². The number of carbonyl (C=O) groups is 2. The summed E-state index contributed by atoms with van der Waals surface area (Å²) in [6.07, 6.45) is -2.19. The number of benzene rings is 2. The summed E-state index contributed by atoms with van der Waals surface area (Å²) in [5, 5.41) is 2.45. The van der Waals surface area contributed by atoms with Crippen molar-refractivity contribution in [3.05, 3.63) is 59.7 Å². The molecule has 8 heteroatoms. The first-order valence-electron chi connectivity index (χ1n) is 11.0. The topological polar surface area (TPSA) is 67.9 Å². The number of fused-ring (bicyclic) bond motifs is 3. The van der Waals surface area contributed by atoms with Gasteiger partial charge in [0.25, 0.3) is 5.92 Å². The maximum atomic E-state index is 14.3. The molecule has 4 rings (SSSR count). The summed E-state index contributed by atoms with van der Waals surface area (Å²) in [5.41, 5.74) is 3.49. The maximum absolute atomic E-state index is 14.3. The number of hydrogen-bond acceptors (Lipinski definition) is 4. The summed E-state index contributed by atoms with van der Waals surface area (Å²) >= 11 is 0. The quantitative estimate of drug-likeness (QED) is 0.689. The van der Waals surface area contributed by atoms with Crippen molar-refractivity contribution in [3.8, 4) is 11.1 Å². The Bertz CT molecular complexity index is 1010. The van der Waals surface area contributed by atoms with E-state index in [2.05, 4.69) is 5.32 Å². The zero-order chi connectivity index (χ0) is 23.8. The second-order valence-electron chi connectivity index (χ2n) is 9.59. The maximum Gasteiger partial charge on any atom is 0.410 e. The van der Waals surface area contributed by atoms with Crippen molar-refractivity contribution >= 4 is 12.2 Å². The molecule has 2 amide bonds. The van der Waals surface area contributed by atoms with E-state index in [-0.39, 0.29) is 19.1 Å². The van der Waals surface area contributed by atoms with Crippen LogP contribution in [0.3, 0.4) is 0 Å². The number of amides is 2. The molecular weight excluding hydrogens is 430 g/mol. The van der Waals surface area contributed by atoms with Gasteiger partial charge in [-0.2, -0.15) is 0 Å². The lowest BCUT2D eigenvalue weighted by molar-refractivity contribution is -0.0715. The lowest BCUT2D eigenvalue weighted by Gasteiger charge is -2.37. The van der Waals surface area contributed by atoms with Gasteiger partial charge >= 0.3 is 12.2 Å². The van der Waals surface area contributed by atoms with Gasteiger partial charge in [0, 0.05) is 18.9 Å². The number of nitrogens with zero attached hydrogens (tertiary/aromatic N) is 1. The molecule has 0 spiro atoms. The molecule has 2 aliphatic rings. The average Bonchev–Trinajstić information content (AvgIpc) is 3.03. The second kappa shape index (κ2) is 8.65. The molecule has 33 heavy (non-hydrogen) atoms. The number of alkyl halides is 2. The number of halogens is 2. The number of likely N-dealkylation sites (tertiary alicyclic amines) is 1. The fourth-order valence-electron chi connectivity index (χ4n) is 4.49. The van der Waals surface area contributed by atoms with E-state index in [1.807, 2.05) is 48.5 Å². The molecule has 1 heterocycles. The van der Waals surface area contributed by atoms with E-state index in [0.29, 0.717) is 0 Å². The van der Waals surface area contributed by atoms with Gasteiger partial charge in [-0.1, -0.05) is 48.5 Å². The Morgan fingerprint density at radius 3 is 2.21 bits per heavy atom. The molecule has 2 aromatic rings. The largest absolute Gasteiger partial charge is 0.448 e. The fraction of sp³-hybridized carbons (Fsp3) is 0.440. The van der Waals surface area contributed by atoms with Crippen molar-refractivity contribution in [2.24, 2.45) is 0 Å². The van der Waals surface area contributed by atoms with Gasteiger partial charge in [0.1, 0.15) is 12.2 Å². The van der Waals surface area contributed by atoms with E-state index in [1.54, 1.807) is 20.8 Å². The van der Waals surface area contributed by atoms with Crippen molar-refractivity contribution in [1.29, 1.82) is 0 Å². The number of carbonyl (C=O) groups excluding carboxylic acids is 2. The molecule has 1 atom stereocenters. The molecule has 0 saturated carbocycles. The number of rotatable bonds is 3. The molecule has 1 aliphatic carbocycles. The molecule has 1 unspecified atom stereocenters. The predicted molar refractivity (Wildman–Crippen MR) is 119 cm³/mol. The van der Waals surface area contributed by atoms with Crippen LogP contribution in [0.15, 0.2) is 48.5 Å².